The van der Waals surface area contributed by atoms with Crippen LogP contribution in [0.2, 0.25) is 0 Å². The van der Waals surface area contributed by atoms with E-state index in [0.717, 1.165) is 12.8 Å². The third kappa shape index (κ3) is 1.89. The number of fused-ring (bicyclic) bond motifs is 1. The molecule has 2 aromatic rings. The van der Waals surface area contributed by atoms with E-state index in [4.69, 9.17) is 5.26 Å². The monoisotopic (exact) mass is 234 g/mol. The fourth-order valence-electron chi connectivity index (χ4n) is 2.63. The summed E-state index contributed by atoms with van der Waals surface area (Å²) in [5.41, 5.74) is 5.94. The minimum absolute atomic E-state index is 0.705. The number of benzene rings is 1. The van der Waals surface area contributed by atoms with E-state index >= 15 is 0 Å². The Bertz CT molecular complexity index is 606. The van der Waals surface area contributed by atoms with Crippen LogP contribution >= 0.6 is 0 Å². The minimum atomic E-state index is 0.705. The van der Waals surface area contributed by atoms with Gasteiger partial charge in [0.25, 0.3) is 0 Å². The number of nitrogens with zero attached hydrogens (tertiary/aromatic N) is 2. The number of pyridine rings is 1. The van der Waals surface area contributed by atoms with E-state index in [1.54, 1.807) is 0 Å². The van der Waals surface area contributed by atoms with E-state index in [1.807, 2.05) is 36.7 Å². The lowest BCUT2D eigenvalue weighted by Crippen LogP contribution is -2.05. The molecule has 1 aromatic carbocycles. The Labute approximate surface area is 107 Å². The third-order valence-electron chi connectivity index (χ3n) is 3.59. The molecule has 0 unspecified atom stereocenters. The molecule has 0 saturated carbocycles. The molecule has 18 heavy (non-hydrogen) atoms. The summed E-state index contributed by atoms with van der Waals surface area (Å²) in [7, 11) is 0. The molecule has 2 nitrogen and oxygen atoms in total. The first-order valence-electron chi connectivity index (χ1n) is 6.35. The van der Waals surface area contributed by atoms with Crippen LogP contribution in [0.5, 0.6) is 0 Å². The summed E-state index contributed by atoms with van der Waals surface area (Å²) < 4.78 is 0. The predicted octanol–water partition coefficient (Wildman–Crippen LogP) is 3.50. The first-order valence-corrected chi connectivity index (χ1v) is 6.35. The van der Waals surface area contributed by atoms with E-state index in [9.17, 15) is 0 Å². The summed E-state index contributed by atoms with van der Waals surface area (Å²) in [6.45, 7) is 0. The summed E-state index contributed by atoms with van der Waals surface area (Å²) in [4.78, 5) is 4.35. The van der Waals surface area contributed by atoms with Crippen LogP contribution in [-0.4, -0.2) is 4.98 Å². The quantitative estimate of drug-likeness (QED) is 0.757. The van der Waals surface area contributed by atoms with Gasteiger partial charge in [0.05, 0.1) is 11.6 Å². The second kappa shape index (κ2) is 4.62. The van der Waals surface area contributed by atoms with E-state index in [0.29, 0.717) is 5.56 Å². The van der Waals surface area contributed by atoms with Gasteiger partial charge in [-0.3, -0.25) is 4.98 Å². The van der Waals surface area contributed by atoms with Gasteiger partial charge in [-0.25, -0.2) is 0 Å². The average molecular weight is 234 g/mol. The molecule has 88 valence electrons. The molecule has 1 aliphatic carbocycles. The fourth-order valence-corrected chi connectivity index (χ4v) is 2.63. The first kappa shape index (κ1) is 11.0. The van der Waals surface area contributed by atoms with Gasteiger partial charge < -0.3 is 0 Å². The minimum Gasteiger partial charge on any atom is -0.264 e. The van der Waals surface area contributed by atoms with Crippen LogP contribution in [0.15, 0.2) is 36.7 Å². The fraction of sp³-hybridized carbons (Fsp3) is 0.250. The Kier molecular flexibility index (Phi) is 2.82. The van der Waals surface area contributed by atoms with Crippen molar-refractivity contribution in [3.63, 3.8) is 0 Å². The molecule has 0 atom stereocenters. The normalized spacial score (nSPS) is 13.7. The maximum Gasteiger partial charge on any atom is 0.0991 e. The lowest BCUT2D eigenvalue weighted by atomic mass is 9.88. The number of nitriles is 1. The highest BCUT2D eigenvalue weighted by Gasteiger charge is 2.14. The molecule has 1 aliphatic rings. The van der Waals surface area contributed by atoms with Gasteiger partial charge in [-0.15, -0.1) is 0 Å². The maximum atomic E-state index is 8.83. The number of hydrogen-bond acceptors (Lipinski definition) is 2. The maximum absolute atomic E-state index is 8.83. The number of rotatable bonds is 1. The highest BCUT2D eigenvalue weighted by atomic mass is 14.6. The Balaban J connectivity index is 2.08. The molecule has 0 radical (unpaired) electrons. The van der Waals surface area contributed by atoms with Crippen molar-refractivity contribution in [2.75, 3.05) is 0 Å². The smallest absolute Gasteiger partial charge is 0.0991 e. The molecule has 0 amide bonds. The SMILES string of the molecule is N#Cc1ccc(-c2cncc3c2CCCC3)cc1. The van der Waals surface area contributed by atoms with Crippen LogP contribution < -0.4 is 0 Å². The molecule has 0 N–H and O–H groups in total. The van der Waals surface area contributed by atoms with Gasteiger partial charge in [-0.1, -0.05) is 12.1 Å². The van der Waals surface area contributed by atoms with Crippen LogP contribution in [-0.2, 0) is 12.8 Å². The van der Waals surface area contributed by atoms with Crippen molar-refractivity contribution in [3.8, 4) is 17.2 Å². The van der Waals surface area contributed by atoms with Gasteiger partial charge in [0.1, 0.15) is 0 Å². The van der Waals surface area contributed by atoms with Crippen molar-refractivity contribution >= 4 is 0 Å². The molecule has 1 aromatic heterocycles. The second-order valence-corrected chi connectivity index (χ2v) is 4.72. The largest absolute Gasteiger partial charge is 0.264 e. The lowest BCUT2D eigenvalue weighted by Gasteiger charge is -2.18. The van der Waals surface area contributed by atoms with Crippen LogP contribution in [0.4, 0.5) is 0 Å². The standard InChI is InChI=1S/C16H14N2/c17-9-12-5-7-13(8-6-12)16-11-18-10-14-3-1-2-4-15(14)16/h5-8,10-11H,1-4H2. The predicted molar refractivity (Wildman–Crippen MR) is 71.0 cm³/mol. The Morgan fingerprint density at radius 1 is 1.00 bits per heavy atom. The van der Waals surface area contributed by atoms with E-state index in [2.05, 4.69) is 11.1 Å². The van der Waals surface area contributed by atoms with E-state index in [1.165, 1.54) is 35.1 Å². The summed E-state index contributed by atoms with van der Waals surface area (Å²) in [6.07, 6.45) is 8.78. The van der Waals surface area contributed by atoms with Crippen molar-refractivity contribution in [2.24, 2.45) is 0 Å². The van der Waals surface area contributed by atoms with Gasteiger partial charge in [-0.05, 0) is 54.5 Å². The van der Waals surface area contributed by atoms with Crippen molar-refractivity contribution in [1.82, 2.24) is 4.98 Å². The number of aromatic nitrogens is 1. The lowest BCUT2D eigenvalue weighted by molar-refractivity contribution is 0.683. The molecule has 2 heteroatoms. The van der Waals surface area contributed by atoms with Crippen molar-refractivity contribution in [3.05, 3.63) is 53.3 Å². The zero-order chi connectivity index (χ0) is 12.4. The van der Waals surface area contributed by atoms with Gasteiger partial charge in [0.2, 0.25) is 0 Å². The Morgan fingerprint density at radius 2 is 1.78 bits per heavy atom. The zero-order valence-electron chi connectivity index (χ0n) is 10.2. The van der Waals surface area contributed by atoms with E-state index in [-0.39, 0.29) is 0 Å². The van der Waals surface area contributed by atoms with Crippen LogP contribution in [0.3, 0.4) is 0 Å². The van der Waals surface area contributed by atoms with Crippen molar-refractivity contribution in [2.45, 2.75) is 25.7 Å². The first-order chi connectivity index (χ1) is 8.88. The Morgan fingerprint density at radius 3 is 2.56 bits per heavy atom. The van der Waals surface area contributed by atoms with Crippen molar-refractivity contribution in [1.29, 1.82) is 5.26 Å². The van der Waals surface area contributed by atoms with E-state index < -0.39 is 0 Å². The molecule has 0 fully saturated rings. The average Bonchev–Trinajstić information content (AvgIpc) is 2.47. The highest BCUT2D eigenvalue weighted by Crippen LogP contribution is 2.30. The third-order valence-corrected chi connectivity index (χ3v) is 3.59. The van der Waals surface area contributed by atoms with Crippen LogP contribution in [0.1, 0.15) is 29.5 Å². The topological polar surface area (TPSA) is 36.7 Å². The summed E-state index contributed by atoms with van der Waals surface area (Å²) in [5, 5.41) is 8.83. The molecule has 3 rings (SSSR count). The molecular weight excluding hydrogens is 220 g/mol. The van der Waals surface area contributed by atoms with Gasteiger partial charge >= 0.3 is 0 Å². The molecule has 0 saturated heterocycles. The summed E-state index contributed by atoms with van der Waals surface area (Å²) in [6, 6.07) is 9.93. The second-order valence-electron chi connectivity index (χ2n) is 4.72. The van der Waals surface area contributed by atoms with Gasteiger partial charge in [-0.2, -0.15) is 5.26 Å². The number of aryl methyl sites for hydroxylation is 1. The zero-order valence-corrected chi connectivity index (χ0v) is 10.2. The summed E-state index contributed by atoms with van der Waals surface area (Å²) in [5.74, 6) is 0. The summed E-state index contributed by atoms with van der Waals surface area (Å²) >= 11 is 0. The van der Waals surface area contributed by atoms with Gasteiger partial charge in [0.15, 0.2) is 0 Å². The molecule has 0 bridgehead atoms. The van der Waals surface area contributed by atoms with Crippen LogP contribution in [0.25, 0.3) is 11.1 Å². The molecule has 1 heterocycles. The number of hydrogen-bond donors (Lipinski definition) is 0. The molecular formula is C16H14N2. The Hall–Kier alpha value is -2.14. The van der Waals surface area contributed by atoms with Crippen LogP contribution in [0, 0.1) is 11.3 Å². The van der Waals surface area contributed by atoms with Gasteiger partial charge in [0, 0.05) is 18.0 Å². The molecule has 0 spiro atoms. The van der Waals surface area contributed by atoms with Crippen molar-refractivity contribution < 1.29 is 0 Å². The highest BCUT2D eigenvalue weighted by molar-refractivity contribution is 5.68. The molecule has 0 aliphatic heterocycles.